The van der Waals surface area contributed by atoms with Crippen molar-refractivity contribution in [3.05, 3.63) is 34.4 Å². The van der Waals surface area contributed by atoms with Gasteiger partial charge in [0.05, 0.1) is 0 Å². The molecule has 0 amide bonds. The van der Waals surface area contributed by atoms with Crippen molar-refractivity contribution in [1.29, 1.82) is 0 Å². The summed E-state index contributed by atoms with van der Waals surface area (Å²) in [7, 11) is 0. The maximum Gasteiger partial charge on any atom is 0.141 e. The van der Waals surface area contributed by atoms with E-state index < -0.39 is 6.17 Å². The molecule has 1 aromatic rings. The van der Waals surface area contributed by atoms with Gasteiger partial charge in [-0.15, -0.1) is 0 Å². The summed E-state index contributed by atoms with van der Waals surface area (Å²) in [4.78, 5) is 0. The summed E-state index contributed by atoms with van der Waals surface area (Å²) in [5, 5.41) is 3.24. The Morgan fingerprint density at radius 3 is 2.50 bits per heavy atom. The first kappa shape index (κ1) is 11.6. The molecule has 2 unspecified atom stereocenters. The van der Waals surface area contributed by atoms with Crippen LogP contribution in [0.5, 0.6) is 0 Å². The van der Waals surface area contributed by atoms with Crippen LogP contribution in [0.3, 0.4) is 0 Å². The van der Waals surface area contributed by atoms with E-state index in [2.05, 4.69) is 18.3 Å². The number of benzene rings is 1. The van der Waals surface area contributed by atoms with Gasteiger partial charge in [-0.3, -0.25) is 0 Å². The molecule has 1 aromatic carbocycles. The van der Waals surface area contributed by atoms with E-state index in [1.807, 2.05) is 19.9 Å². The molecule has 0 aromatic heterocycles. The number of nitrogens with one attached hydrogen (secondary N) is 1. The molecular weight excluding hydrogens is 201 g/mol. The lowest BCUT2D eigenvalue weighted by molar-refractivity contribution is 0.270. The van der Waals surface area contributed by atoms with Crippen LogP contribution >= 0.6 is 0 Å². The number of hydrogen-bond donors (Lipinski definition) is 1. The number of rotatable bonds is 2. The van der Waals surface area contributed by atoms with E-state index >= 15 is 0 Å². The summed E-state index contributed by atoms with van der Waals surface area (Å²) in [5.74, 6) is 0. The van der Waals surface area contributed by atoms with Crippen molar-refractivity contribution in [2.24, 2.45) is 0 Å². The molecule has 1 aliphatic heterocycles. The lowest BCUT2D eigenvalue weighted by Gasteiger charge is -2.19. The third kappa shape index (κ3) is 2.12. The third-order valence-corrected chi connectivity index (χ3v) is 3.63. The molecule has 2 rings (SSSR count). The van der Waals surface area contributed by atoms with Crippen molar-refractivity contribution >= 4 is 0 Å². The molecule has 0 aliphatic carbocycles. The lowest BCUT2D eigenvalue weighted by Crippen LogP contribution is -2.27. The van der Waals surface area contributed by atoms with Gasteiger partial charge >= 0.3 is 0 Å². The Labute approximate surface area is 97.1 Å². The van der Waals surface area contributed by atoms with Gasteiger partial charge in [0.2, 0.25) is 0 Å². The highest BCUT2D eigenvalue weighted by molar-refractivity contribution is 5.38. The van der Waals surface area contributed by atoms with Crippen molar-refractivity contribution in [1.82, 2.24) is 5.32 Å². The Balaban J connectivity index is 2.28. The first-order valence-corrected chi connectivity index (χ1v) is 6.05. The van der Waals surface area contributed by atoms with Crippen molar-refractivity contribution < 1.29 is 4.39 Å². The van der Waals surface area contributed by atoms with Gasteiger partial charge < -0.3 is 5.32 Å². The van der Waals surface area contributed by atoms with Crippen LogP contribution in [-0.2, 0) is 0 Å². The first-order chi connectivity index (χ1) is 7.59. The van der Waals surface area contributed by atoms with E-state index in [9.17, 15) is 4.39 Å². The monoisotopic (exact) mass is 221 g/mol. The fourth-order valence-corrected chi connectivity index (χ4v) is 2.46. The van der Waals surface area contributed by atoms with Crippen molar-refractivity contribution in [2.75, 3.05) is 6.54 Å². The molecule has 1 N–H and O–H groups in total. The summed E-state index contributed by atoms with van der Waals surface area (Å²) in [6.45, 7) is 7.08. The van der Waals surface area contributed by atoms with Gasteiger partial charge in [0, 0.05) is 6.04 Å². The molecule has 0 spiro atoms. The van der Waals surface area contributed by atoms with Crippen LogP contribution in [0.4, 0.5) is 4.39 Å². The van der Waals surface area contributed by atoms with Gasteiger partial charge in [-0.1, -0.05) is 12.1 Å². The van der Waals surface area contributed by atoms with Gasteiger partial charge in [0.15, 0.2) is 0 Å². The quantitative estimate of drug-likeness (QED) is 0.807. The summed E-state index contributed by atoms with van der Waals surface area (Å²) in [6.07, 6.45) is 1.18. The number of aryl methyl sites for hydroxylation is 3. The van der Waals surface area contributed by atoms with Crippen LogP contribution in [0, 0.1) is 20.8 Å². The van der Waals surface area contributed by atoms with E-state index in [0.717, 1.165) is 30.5 Å². The predicted octanol–water partition coefficient (Wildman–Crippen LogP) is 3.37. The highest BCUT2D eigenvalue weighted by atomic mass is 19.1. The zero-order valence-corrected chi connectivity index (χ0v) is 10.3. The van der Waals surface area contributed by atoms with E-state index in [4.69, 9.17) is 0 Å². The van der Waals surface area contributed by atoms with Crippen LogP contribution in [-0.4, -0.2) is 12.6 Å². The molecule has 88 valence electrons. The number of halogens is 1. The molecule has 1 nitrogen and oxygen atoms in total. The molecule has 1 aliphatic rings. The van der Waals surface area contributed by atoms with Gasteiger partial charge in [0.1, 0.15) is 6.17 Å². The summed E-state index contributed by atoms with van der Waals surface area (Å²) >= 11 is 0. The van der Waals surface area contributed by atoms with Crippen molar-refractivity contribution in [3.8, 4) is 0 Å². The second-order valence-electron chi connectivity index (χ2n) is 4.90. The molecule has 1 saturated heterocycles. The summed E-state index contributed by atoms with van der Waals surface area (Å²) in [5.41, 5.74) is 4.36. The maximum atomic E-state index is 14.4. The van der Waals surface area contributed by atoms with Gasteiger partial charge in [0.25, 0.3) is 0 Å². The van der Waals surface area contributed by atoms with Gasteiger partial charge in [-0.2, -0.15) is 0 Å². The average molecular weight is 221 g/mol. The Bertz CT molecular complexity index is 381. The van der Waals surface area contributed by atoms with E-state index in [0.29, 0.717) is 0 Å². The van der Waals surface area contributed by atoms with E-state index in [1.165, 1.54) is 11.1 Å². The highest BCUT2D eigenvalue weighted by Gasteiger charge is 2.26. The highest BCUT2D eigenvalue weighted by Crippen LogP contribution is 2.30. The van der Waals surface area contributed by atoms with Crippen LogP contribution in [0.25, 0.3) is 0 Å². The second-order valence-corrected chi connectivity index (χ2v) is 4.90. The fraction of sp³-hybridized carbons (Fsp3) is 0.571. The minimum atomic E-state index is -0.859. The third-order valence-electron chi connectivity index (χ3n) is 3.63. The molecular formula is C14H20FN. The zero-order chi connectivity index (χ0) is 11.7. The van der Waals surface area contributed by atoms with E-state index in [1.54, 1.807) is 0 Å². The van der Waals surface area contributed by atoms with Crippen LogP contribution in [0.15, 0.2) is 12.1 Å². The van der Waals surface area contributed by atoms with E-state index in [-0.39, 0.29) is 6.04 Å². The molecule has 2 atom stereocenters. The molecule has 2 heteroatoms. The zero-order valence-electron chi connectivity index (χ0n) is 10.3. The Morgan fingerprint density at radius 1 is 1.19 bits per heavy atom. The van der Waals surface area contributed by atoms with Crippen molar-refractivity contribution in [3.63, 3.8) is 0 Å². The molecule has 16 heavy (non-hydrogen) atoms. The molecule has 0 saturated carbocycles. The second kappa shape index (κ2) is 4.54. The minimum absolute atomic E-state index is 0.0146. The molecule has 1 heterocycles. The largest absolute Gasteiger partial charge is 0.311 e. The molecule has 0 radical (unpaired) electrons. The lowest BCUT2D eigenvalue weighted by atomic mass is 9.94. The molecule has 0 bridgehead atoms. The average Bonchev–Trinajstić information content (AvgIpc) is 2.75. The Hall–Kier alpha value is -0.890. The summed E-state index contributed by atoms with van der Waals surface area (Å²) in [6, 6.07) is 4.11. The van der Waals surface area contributed by atoms with Gasteiger partial charge in [-0.05, 0) is 62.4 Å². The number of alkyl halides is 1. The van der Waals surface area contributed by atoms with Crippen LogP contribution < -0.4 is 5.32 Å². The fourth-order valence-electron chi connectivity index (χ4n) is 2.46. The smallest absolute Gasteiger partial charge is 0.141 e. The normalized spacial score (nSPS) is 22.4. The van der Waals surface area contributed by atoms with Gasteiger partial charge in [-0.25, -0.2) is 4.39 Å². The molecule has 1 fully saturated rings. The van der Waals surface area contributed by atoms with Crippen molar-refractivity contribution in [2.45, 2.75) is 45.8 Å². The SMILES string of the molecule is Cc1cc(C)c(C(F)C2CCCN2)cc1C. The van der Waals surface area contributed by atoms with Crippen LogP contribution in [0.2, 0.25) is 0 Å². The topological polar surface area (TPSA) is 12.0 Å². The maximum absolute atomic E-state index is 14.4. The minimum Gasteiger partial charge on any atom is -0.311 e. The Kier molecular flexibility index (Phi) is 3.29. The standard InChI is InChI=1S/C14H20FN/c1-9-7-11(3)12(8-10(9)2)14(15)13-5-4-6-16-13/h7-8,13-14,16H,4-6H2,1-3H3. The summed E-state index contributed by atoms with van der Waals surface area (Å²) < 4.78 is 14.4. The Morgan fingerprint density at radius 2 is 1.88 bits per heavy atom. The first-order valence-electron chi connectivity index (χ1n) is 6.05. The predicted molar refractivity (Wildman–Crippen MR) is 65.5 cm³/mol. The van der Waals surface area contributed by atoms with Crippen LogP contribution in [0.1, 0.15) is 41.3 Å². The number of hydrogen-bond acceptors (Lipinski definition) is 1.